The van der Waals surface area contributed by atoms with Crippen LogP contribution in [-0.4, -0.2) is 27.6 Å². The van der Waals surface area contributed by atoms with Crippen molar-refractivity contribution in [3.8, 4) is 0 Å². The number of hydrogen-bond donors (Lipinski definition) is 2. The summed E-state index contributed by atoms with van der Waals surface area (Å²) in [5.41, 5.74) is 0.586. The Balaban J connectivity index is 1.89. The van der Waals surface area contributed by atoms with Gasteiger partial charge in [-0.3, -0.25) is 9.59 Å². The van der Waals surface area contributed by atoms with Crippen molar-refractivity contribution in [3.05, 3.63) is 23.0 Å². The third kappa shape index (κ3) is 4.00. The molecule has 5 nitrogen and oxygen atoms in total. The number of rotatable bonds is 7. The number of carbonyl (C=O) groups excluding carboxylic acids is 1. The molecule has 0 aliphatic heterocycles. The van der Waals surface area contributed by atoms with E-state index in [4.69, 9.17) is 16.7 Å². The number of nitrogens with one attached hydrogen (secondary N) is 1. The Labute approximate surface area is 122 Å². The predicted molar refractivity (Wildman–Crippen MR) is 76.1 cm³/mol. The van der Waals surface area contributed by atoms with Gasteiger partial charge in [-0.1, -0.05) is 11.6 Å². The van der Waals surface area contributed by atoms with Crippen LogP contribution in [0.2, 0.25) is 5.02 Å². The summed E-state index contributed by atoms with van der Waals surface area (Å²) in [5.74, 6) is -0.954. The first-order valence-electron chi connectivity index (χ1n) is 6.87. The fourth-order valence-corrected chi connectivity index (χ4v) is 2.42. The van der Waals surface area contributed by atoms with Gasteiger partial charge in [-0.2, -0.15) is 0 Å². The molecular weight excluding hydrogens is 280 g/mol. The molecule has 1 unspecified atom stereocenters. The number of hydrogen-bond acceptors (Lipinski definition) is 2. The zero-order chi connectivity index (χ0) is 14.7. The van der Waals surface area contributed by atoms with Gasteiger partial charge in [0.25, 0.3) is 5.91 Å². The molecule has 1 fully saturated rings. The Kier molecular flexibility index (Phi) is 4.70. The van der Waals surface area contributed by atoms with E-state index in [2.05, 4.69) is 5.32 Å². The summed E-state index contributed by atoms with van der Waals surface area (Å²) in [6.45, 7) is 1.88. The maximum Gasteiger partial charge on any atom is 0.303 e. The van der Waals surface area contributed by atoms with E-state index in [0.717, 1.165) is 12.8 Å². The molecule has 0 saturated heterocycles. The molecule has 1 aliphatic carbocycles. The number of aromatic nitrogens is 1. The molecule has 2 rings (SSSR count). The van der Waals surface area contributed by atoms with Gasteiger partial charge in [-0.05, 0) is 38.7 Å². The lowest BCUT2D eigenvalue weighted by Gasteiger charge is -2.14. The van der Waals surface area contributed by atoms with Crippen LogP contribution in [-0.2, 0) is 4.79 Å². The van der Waals surface area contributed by atoms with Crippen LogP contribution in [0.25, 0.3) is 0 Å². The van der Waals surface area contributed by atoms with E-state index in [1.165, 1.54) is 0 Å². The van der Waals surface area contributed by atoms with Gasteiger partial charge >= 0.3 is 5.97 Å². The molecule has 20 heavy (non-hydrogen) atoms. The highest BCUT2D eigenvalue weighted by Gasteiger charge is 2.28. The summed E-state index contributed by atoms with van der Waals surface area (Å²) < 4.78 is 1.93. The lowest BCUT2D eigenvalue weighted by molar-refractivity contribution is -0.137. The molecule has 110 valence electrons. The Morgan fingerprint density at radius 2 is 2.25 bits per heavy atom. The number of carboxylic acid groups (broad SMARTS) is 1. The van der Waals surface area contributed by atoms with E-state index in [1.807, 2.05) is 11.5 Å². The van der Waals surface area contributed by atoms with Crippen LogP contribution in [0.5, 0.6) is 0 Å². The number of nitrogens with zero attached hydrogens (tertiary/aromatic N) is 1. The maximum absolute atomic E-state index is 12.2. The monoisotopic (exact) mass is 298 g/mol. The van der Waals surface area contributed by atoms with Gasteiger partial charge in [-0.15, -0.1) is 0 Å². The lowest BCUT2D eigenvalue weighted by Crippen LogP contribution is -2.33. The van der Waals surface area contributed by atoms with Crippen LogP contribution < -0.4 is 5.32 Å². The minimum absolute atomic E-state index is 0.0526. The summed E-state index contributed by atoms with van der Waals surface area (Å²) >= 11 is 5.97. The van der Waals surface area contributed by atoms with Crippen LogP contribution in [0.15, 0.2) is 12.3 Å². The number of carbonyl (C=O) groups is 2. The van der Waals surface area contributed by atoms with Gasteiger partial charge < -0.3 is 15.0 Å². The second-order valence-corrected chi connectivity index (χ2v) is 5.78. The Bertz CT molecular complexity index is 509. The zero-order valence-corrected chi connectivity index (χ0v) is 12.2. The van der Waals surface area contributed by atoms with E-state index < -0.39 is 5.97 Å². The van der Waals surface area contributed by atoms with Gasteiger partial charge in [-0.25, -0.2) is 0 Å². The molecular formula is C14H19ClN2O3. The molecule has 1 atom stereocenters. The third-order valence-corrected chi connectivity index (χ3v) is 3.60. The minimum Gasteiger partial charge on any atom is -0.481 e. The van der Waals surface area contributed by atoms with Gasteiger partial charge in [0.1, 0.15) is 5.69 Å². The van der Waals surface area contributed by atoms with Crippen LogP contribution in [0.1, 0.15) is 55.6 Å². The van der Waals surface area contributed by atoms with E-state index in [1.54, 1.807) is 12.3 Å². The lowest BCUT2D eigenvalue weighted by atomic mass is 10.1. The van der Waals surface area contributed by atoms with Crippen molar-refractivity contribution in [1.29, 1.82) is 0 Å². The first kappa shape index (κ1) is 14.9. The van der Waals surface area contributed by atoms with Crippen LogP contribution >= 0.6 is 11.6 Å². The topological polar surface area (TPSA) is 71.3 Å². The highest BCUT2D eigenvalue weighted by molar-refractivity contribution is 6.31. The summed E-state index contributed by atoms with van der Waals surface area (Å²) in [6, 6.07) is 2.02. The molecule has 0 bridgehead atoms. The summed E-state index contributed by atoms with van der Waals surface area (Å²) in [6.07, 6.45) is 5.30. The SMILES string of the molecule is CC(CCCC(=O)O)NC(=O)c1cc(Cl)cn1C1CC1. The highest BCUT2D eigenvalue weighted by Crippen LogP contribution is 2.37. The first-order valence-corrected chi connectivity index (χ1v) is 7.25. The zero-order valence-electron chi connectivity index (χ0n) is 11.4. The Morgan fingerprint density at radius 1 is 1.55 bits per heavy atom. The second-order valence-electron chi connectivity index (χ2n) is 5.34. The van der Waals surface area contributed by atoms with Crippen molar-refractivity contribution < 1.29 is 14.7 Å². The van der Waals surface area contributed by atoms with Gasteiger partial charge in [0.15, 0.2) is 0 Å². The van der Waals surface area contributed by atoms with Crippen LogP contribution in [0.3, 0.4) is 0 Å². The molecule has 1 aromatic heterocycles. The van der Waals surface area contributed by atoms with Crippen LogP contribution in [0.4, 0.5) is 0 Å². The summed E-state index contributed by atoms with van der Waals surface area (Å²) in [4.78, 5) is 22.7. The standard InChI is InChI=1S/C14H19ClN2O3/c1-9(3-2-4-13(18)19)16-14(20)12-7-10(15)8-17(12)11-5-6-11/h7-9,11H,2-6H2,1H3,(H,16,20)(H,18,19). The number of amides is 1. The molecule has 1 saturated carbocycles. The van der Waals surface area contributed by atoms with Crippen molar-refractivity contribution >= 4 is 23.5 Å². The van der Waals surface area contributed by atoms with Crippen molar-refractivity contribution in [2.75, 3.05) is 0 Å². The molecule has 6 heteroatoms. The predicted octanol–water partition coefficient (Wildman–Crippen LogP) is 2.85. The van der Waals surface area contributed by atoms with E-state index in [-0.39, 0.29) is 18.4 Å². The quantitative estimate of drug-likeness (QED) is 0.813. The first-order chi connectivity index (χ1) is 9.47. The summed E-state index contributed by atoms with van der Waals surface area (Å²) in [7, 11) is 0. The molecule has 1 aromatic rings. The van der Waals surface area contributed by atoms with Crippen molar-refractivity contribution in [1.82, 2.24) is 9.88 Å². The highest BCUT2D eigenvalue weighted by atomic mass is 35.5. The largest absolute Gasteiger partial charge is 0.481 e. The fourth-order valence-electron chi connectivity index (χ4n) is 2.21. The second kappa shape index (κ2) is 6.31. The third-order valence-electron chi connectivity index (χ3n) is 3.39. The average molecular weight is 299 g/mol. The van der Waals surface area contributed by atoms with Crippen molar-refractivity contribution in [2.24, 2.45) is 0 Å². The van der Waals surface area contributed by atoms with E-state index in [0.29, 0.717) is 29.6 Å². The van der Waals surface area contributed by atoms with Gasteiger partial charge in [0, 0.05) is 24.7 Å². The van der Waals surface area contributed by atoms with Crippen molar-refractivity contribution in [2.45, 2.75) is 51.1 Å². The number of aliphatic carboxylic acids is 1. The average Bonchev–Trinajstić information content (AvgIpc) is 3.11. The fraction of sp³-hybridized carbons (Fsp3) is 0.571. The van der Waals surface area contributed by atoms with E-state index >= 15 is 0 Å². The molecule has 1 aliphatic rings. The maximum atomic E-state index is 12.2. The molecule has 0 radical (unpaired) electrons. The Morgan fingerprint density at radius 3 is 2.85 bits per heavy atom. The molecule has 0 spiro atoms. The number of carboxylic acids is 1. The summed E-state index contributed by atoms with van der Waals surface area (Å²) in [5, 5.41) is 12.1. The molecule has 1 amide bonds. The Hall–Kier alpha value is -1.49. The number of halogens is 1. The minimum atomic E-state index is -0.807. The van der Waals surface area contributed by atoms with Gasteiger partial charge in [0.2, 0.25) is 0 Å². The van der Waals surface area contributed by atoms with Crippen LogP contribution in [0, 0.1) is 0 Å². The smallest absolute Gasteiger partial charge is 0.303 e. The van der Waals surface area contributed by atoms with E-state index in [9.17, 15) is 9.59 Å². The normalized spacial score (nSPS) is 15.9. The van der Waals surface area contributed by atoms with Crippen molar-refractivity contribution in [3.63, 3.8) is 0 Å². The van der Waals surface area contributed by atoms with Gasteiger partial charge in [0.05, 0.1) is 5.02 Å². The molecule has 1 heterocycles. The molecule has 0 aromatic carbocycles. The molecule has 2 N–H and O–H groups in total.